The molecule has 0 N–H and O–H groups in total. The smallest absolute Gasteiger partial charge is 0.194 e. The van der Waals surface area contributed by atoms with Crippen molar-refractivity contribution in [3.05, 3.63) is 39.4 Å². The second-order valence-corrected chi connectivity index (χ2v) is 6.00. The van der Waals surface area contributed by atoms with E-state index in [0.29, 0.717) is 11.1 Å². The Bertz CT molecular complexity index is 606. The molecule has 2 nitrogen and oxygen atoms in total. The summed E-state index contributed by atoms with van der Waals surface area (Å²) in [6.07, 6.45) is 0. The van der Waals surface area contributed by atoms with E-state index >= 15 is 0 Å². The number of hydrogen-bond acceptors (Lipinski definition) is 3. The molecular formula is C14H16O2S. The average Bonchev–Trinajstić information content (AvgIpc) is 2.21. The fourth-order valence-corrected chi connectivity index (χ4v) is 2.53. The molecule has 2 rings (SSSR count). The Morgan fingerprint density at radius 3 is 2.59 bits per heavy atom. The molecule has 1 aromatic heterocycles. The van der Waals surface area contributed by atoms with Gasteiger partial charge in [-0.2, -0.15) is 0 Å². The van der Waals surface area contributed by atoms with Crippen molar-refractivity contribution in [2.75, 3.05) is 0 Å². The second kappa shape index (κ2) is 4.15. The van der Waals surface area contributed by atoms with Crippen molar-refractivity contribution in [3.63, 3.8) is 0 Å². The van der Waals surface area contributed by atoms with E-state index in [9.17, 15) is 4.79 Å². The fourth-order valence-electron chi connectivity index (χ4n) is 1.65. The molecule has 0 amide bonds. The summed E-state index contributed by atoms with van der Waals surface area (Å²) in [6, 6.07) is 5.74. The standard InChI is InChI=1S/C14H16O2S/c1-9-8-17-11-7-5-6-10(12(11)13(9)15)16-14(2,3)4/h5-8H,1-4H3. The average molecular weight is 248 g/mol. The normalized spacial score (nSPS) is 11.8. The largest absolute Gasteiger partial charge is 0.487 e. The number of hydrogen-bond donors (Lipinski definition) is 0. The number of aryl methyl sites for hydroxylation is 1. The van der Waals surface area contributed by atoms with Crippen molar-refractivity contribution < 1.29 is 4.74 Å². The lowest BCUT2D eigenvalue weighted by molar-refractivity contribution is 0.133. The van der Waals surface area contributed by atoms with E-state index in [1.807, 2.05) is 51.3 Å². The van der Waals surface area contributed by atoms with Crippen LogP contribution in [0, 0.1) is 6.92 Å². The zero-order chi connectivity index (χ0) is 12.6. The molecule has 0 saturated heterocycles. The van der Waals surface area contributed by atoms with Crippen LogP contribution >= 0.6 is 11.3 Å². The van der Waals surface area contributed by atoms with E-state index in [2.05, 4.69) is 0 Å². The van der Waals surface area contributed by atoms with Gasteiger partial charge in [-0.05, 0) is 45.2 Å². The topological polar surface area (TPSA) is 26.3 Å². The van der Waals surface area contributed by atoms with Gasteiger partial charge in [0.2, 0.25) is 0 Å². The van der Waals surface area contributed by atoms with Crippen LogP contribution in [0.5, 0.6) is 5.75 Å². The zero-order valence-electron chi connectivity index (χ0n) is 10.5. The molecule has 2 aromatic rings. The van der Waals surface area contributed by atoms with Crippen LogP contribution < -0.4 is 10.2 Å². The van der Waals surface area contributed by atoms with Crippen LogP contribution in [0.1, 0.15) is 26.3 Å². The van der Waals surface area contributed by atoms with Gasteiger partial charge in [0.15, 0.2) is 5.43 Å². The lowest BCUT2D eigenvalue weighted by atomic mass is 10.1. The third-order valence-electron chi connectivity index (χ3n) is 2.35. The summed E-state index contributed by atoms with van der Waals surface area (Å²) in [5.41, 5.74) is 0.542. The lowest BCUT2D eigenvalue weighted by Gasteiger charge is -2.22. The molecule has 0 aliphatic carbocycles. The zero-order valence-corrected chi connectivity index (χ0v) is 11.4. The quantitative estimate of drug-likeness (QED) is 0.768. The van der Waals surface area contributed by atoms with Gasteiger partial charge in [-0.25, -0.2) is 0 Å². The Balaban J connectivity index is 2.72. The molecule has 0 bridgehead atoms. The van der Waals surface area contributed by atoms with Gasteiger partial charge in [-0.1, -0.05) is 6.07 Å². The third-order valence-corrected chi connectivity index (χ3v) is 3.42. The summed E-state index contributed by atoms with van der Waals surface area (Å²) in [5, 5.41) is 2.60. The Kier molecular flexibility index (Phi) is 2.96. The van der Waals surface area contributed by atoms with Gasteiger partial charge >= 0.3 is 0 Å². The van der Waals surface area contributed by atoms with Crippen molar-refractivity contribution in [3.8, 4) is 5.75 Å². The first-order chi connectivity index (χ1) is 7.88. The number of benzene rings is 1. The van der Waals surface area contributed by atoms with Crippen LogP contribution in [0.15, 0.2) is 28.4 Å². The number of ether oxygens (including phenoxy) is 1. The van der Waals surface area contributed by atoms with Gasteiger partial charge in [-0.3, -0.25) is 4.79 Å². The molecule has 90 valence electrons. The van der Waals surface area contributed by atoms with Crippen LogP contribution in [0.25, 0.3) is 10.1 Å². The van der Waals surface area contributed by atoms with Crippen molar-refractivity contribution in [2.45, 2.75) is 33.3 Å². The Hall–Kier alpha value is -1.35. The highest BCUT2D eigenvalue weighted by Crippen LogP contribution is 2.28. The van der Waals surface area contributed by atoms with E-state index in [1.54, 1.807) is 11.3 Å². The van der Waals surface area contributed by atoms with Crippen molar-refractivity contribution in [2.24, 2.45) is 0 Å². The summed E-state index contributed by atoms with van der Waals surface area (Å²) in [4.78, 5) is 12.2. The SMILES string of the molecule is Cc1csc2cccc(OC(C)(C)C)c2c1=O. The maximum atomic E-state index is 12.2. The number of rotatable bonds is 1. The van der Waals surface area contributed by atoms with Crippen LogP contribution in [0.3, 0.4) is 0 Å². The Morgan fingerprint density at radius 1 is 1.24 bits per heavy atom. The van der Waals surface area contributed by atoms with Gasteiger partial charge in [0.05, 0.1) is 5.39 Å². The van der Waals surface area contributed by atoms with E-state index in [0.717, 1.165) is 10.3 Å². The summed E-state index contributed by atoms with van der Waals surface area (Å²) in [5.74, 6) is 0.681. The van der Waals surface area contributed by atoms with Gasteiger partial charge < -0.3 is 4.74 Å². The van der Waals surface area contributed by atoms with Gasteiger partial charge in [0, 0.05) is 10.3 Å². The van der Waals surface area contributed by atoms with Gasteiger partial charge in [-0.15, -0.1) is 11.3 Å². The van der Waals surface area contributed by atoms with Crippen LogP contribution in [0.2, 0.25) is 0 Å². The minimum absolute atomic E-state index is 0.0681. The molecule has 0 spiro atoms. The monoisotopic (exact) mass is 248 g/mol. The Labute approximate surface area is 105 Å². The molecule has 17 heavy (non-hydrogen) atoms. The fraction of sp³-hybridized carbons (Fsp3) is 0.357. The van der Waals surface area contributed by atoms with E-state index in [4.69, 9.17) is 4.74 Å². The summed E-state index contributed by atoms with van der Waals surface area (Å²) in [6.45, 7) is 7.78. The molecule has 0 saturated carbocycles. The lowest BCUT2D eigenvalue weighted by Crippen LogP contribution is -2.23. The summed E-state index contributed by atoms with van der Waals surface area (Å²) >= 11 is 1.58. The molecule has 1 aromatic carbocycles. The van der Waals surface area contributed by atoms with Crippen molar-refractivity contribution in [1.29, 1.82) is 0 Å². The molecular weight excluding hydrogens is 232 g/mol. The predicted octanol–water partition coefficient (Wildman–Crippen LogP) is 3.75. The number of fused-ring (bicyclic) bond motifs is 1. The molecule has 1 heterocycles. The van der Waals surface area contributed by atoms with Crippen molar-refractivity contribution >= 4 is 21.4 Å². The first-order valence-electron chi connectivity index (χ1n) is 5.58. The molecule has 0 fully saturated rings. The Morgan fingerprint density at radius 2 is 1.94 bits per heavy atom. The second-order valence-electron chi connectivity index (χ2n) is 5.09. The predicted molar refractivity (Wildman–Crippen MR) is 73.2 cm³/mol. The molecule has 0 unspecified atom stereocenters. The maximum absolute atomic E-state index is 12.2. The van der Waals surface area contributed by atoms with E-state index < -0.39 is 0 Å². The molecule has 0 atom stereocenters. The summed E-state index contributed by atoms with van der Waals surface area (Å²) < 4.78 is 6.83. The van der Waals surface area contributed by atoms with E-state index in [1.165, 1.54) is 0 Å². The van der Waals surface area contributed by atoms with Gasteiger partial charge in [0.1, 0.15) is 11.4 Å². The first kappa shape index (κ1) is 12.1. The highest BCUT2D eigenvalue weighted by Gasteiger charge is 2.15. The van der Waals surface area contributed by atoms with Crippen LogP contribution in [0.4, 0.5) is 0 Å². The highest BCUT2D eigenvalue weighted by molar-refractivity contribution is 7.16. The van der Waals surface area contributed by atoms with E-state index in [-0.39, 0.29) is 11.0 Å². The molecule has 0 radical (unpaired) electrons. The van der Waals surface area contributed by atoms with Crippen LogP contribution in [-0.2, 0) is 0 Å². The molecule has 3 heteroatoms. The highest BCUT2D eigenvalue weighted by atomic mass is 32.1. The summed E-state index contributed by atoms with van der Waals surface area (Å²) in [7, 11) is 0. The minimum atomic E-state index is -0.296. The minimum Gasteiger partial charge on any atom is -0.487 e. The van der Waals surface area contributed by atoms with Crippen molar-refractivity contribution in [1.82, 2.24) is 0 Å². The van der Waals surface area contributed by atoms with Crippen LogP contribution in [-0.4, -0.2) is 5.60 Å². The third kappa shape index (κ3) is 2.50. The molecule has 0 aliphatic heterocycles. The molecule has 0 aliphatic rings. The van der Waals surface area contributed by atoms with Gasteiger partial charge in [0.25, 0.3) is 0 Å². The maximum Gasteiger partial charge on any atom is 0.194 e. The first-order valence-corrected chi connectivity index (χ1v) is 6.46.